The van der Waals surface area contributed by atoms with E-state index < -0.39 is 20.3 Å². The van der Waals surface area contributed by atoms with Crippen LogP contribution in [-0.2, 0) is 20.3 Å². The molecule has 2 aromatic rings. The summed E-state index contributed by atoms with van der Waals surface area (Å²) in [5.41, 5.74) is 6.29. The Morgan fingerprint density at radius 3 is 1.83 bits per heavy atom. The van der Waals surface area contributed by atoms with E-state index in [-0.39, 0.29) is 24.8 Å². The fourth-order valence-electron chi connectivity index (χ4n) is 4.50. The quantitative estimate of drug-likeness (QED) is 0.621. The Kier molecular flexibility index (Phi) is 4.76. The Bertz CT molecular complexity index is 757. The van der Waals surface area contributed by atoms with Crippen LogP contribution in [0.4, 0.5) is 0 Å². The van der Waals surface area contributed by atoms with Crippen LogP contribution >= 0.6 is 0 Å². The van der Waals surface area contributed by atoms with Gasteiger partial charge in [0, 0.05) is 0 Å². The molecule has 0 aromatic heterocycles. The summed E-state index contributed by atoms with van der Waals surface area (Å²) in [6.07, 6.45) is 8.36. The molecule has 5 rings (SSSR count). The summed E-state index contributed by atoms with van der Waals surface area (Å²) in [5.74, 6) is 0. The van der Waals surface area contributed by atoms with Gasteiger partial charge in [-0.1, -0.05) is 0 Å². The zero-order chi connectivity index (χ0) is 13.9. The van der Waals surface area contributed by atoms with Gasteiger partial charge in [-0.25, -0.2) is 0 Å². The largest absolute Gasteiger partial charge is 1.00 e. The fraction of sp³-hybridized carbons (Fsp3) is 0.200. The van der Waals surface area contributed by atoms with E-state index in [0.717, 1.165) is 3.63 Å². The van der Waals surface area contributed by atoms with Crippen molar-refractivity contribution in [2.24, 2.45) is 0 Å². The smallest absolute Gasteiger partial charge is 1.00 e. The van der Waals surface area contributed by atoms with Gasteiger partial charge >= 0.3 is 131 Å². The monoisotopic (exact) mass is 418 g/mol. The molecule has 0 unspecified atom stereocenters. The molecule has 1 saturated heterocycles. The van der Waals surface area contributed by atoms with Gasteiger partial charge in [0.05, 0.1) is 0 Å². The average molecular weight is 420 g/mol. The summed E-state index contributed by atoms with van der Waals surface area (Å²) in [4.78, 5) is 0. The predicted molar refractivity (Wildman–Crippen MR) is 85.2 cm³/mol. The molecule has 2 aromatic carbocycles. The van der Waals surface area contributed by atoms with Crippen molar-refractivity contribution in [1.29, 1.82) is 0 Å². The Morgan fingerprint density at radius 2 is 1.35 bits per heavy atom. The first-order chi connectivity index (χ1) is 10.4. The van der Waals surface area contributed by atoms with Gasteiger partial charge in [-0.05, 0) is 0 Å². The number of hydrogen-bond donors (Lipinski definition) is 0. The van der Waals surface area contributed by atoms with Gasteiger partial charge in [0.15, 0.2) is 0 Å². The summed E-state index contributed by atoms with van der Waals surface area (Å²) in [5, 5.41) is 0. The number of rotatable bonds is 2. The molecule has 0 N–H and O–H groups in total. The number of benzene rings is 2. The van der Waals surface area contributed by atoms with Crippen molar-refractivity contribution in [2.75, 3.05) is 0 Å². The van der Waals surface area contributed by atoms with Crippen LogP contribution in [0, 0.1) is 0 Å². The van der Waals surface area contributed by atoms with E-state index in [1.807, 2.05) is 3.28 Å². The van der Waals surface area contributed by atoms with Crippen LogP contribution < -0.4 is 24.8 Å². The van der Waals surface area contributed by atoms with E-state index in [1.54, 1.807) is 19.4 Å². The summed E-state index contributed by atoms with van der Waals surface area (Å²) >= 11 is -2.15. The first-order valence-corrected chi connectivity index (χ1v) is 14.1. The van der Waals surface area contributed by atoms with Gasteiger partial charge in [0.25, 0.3) is 0 Å². The zero-order valence-corrected chi connectivity index (χ0v) is 16.8. The minimum absolute atomic E-state index is 0. The molecule has 1 heterocycles. The normalized spacial score (nSPS) is 17.8. The van der Waals surface area contributed by atoms with Gasteiger partial charge in [-0.3, -0.25) is 0 Å². The topological polar surface area (TPSA) is 0 Å². The zero-order valence-electron chi connectivity index (χ0n) is 12.8. The number of hydrogen-bond acceptors (Lipinski definition) is 0. The third-order valence-electron chi connectivity index (χ3n) is 5.59. The number of halogens is 2. The SMILES string of the molecule is C1=CC[C]([Zr+2]2([CH]3c4ccccc4-c4ccccc43)[CH2][CH2]2)=C1.[Cl-].[Cl-]. The van der Waals surface area contributed by atoms with E-state index in [2.05, 4.69) is 66.8 Å². The molecule has 116 valence electrons. The molecular formula is C20H18Cl2Zr. The van der Waals surface area contributed by atoms with Crippen LogP contribution in [0.3, 0.4) is 0 Å². The standard InChI is InChI=1S/C13H9.C5H5.C2H4.2ClH.Zr/c1-3-7-12-10(5-1)9-11-6-2-4-8-13(11)12;1-2-4-5-3-1;1-2;;;/h1-9H;1-3H,4H2;1-2H2;2*1H;/q;;;;;+2/p-2. The summed E-state index contributed by atoms with van der Waals surface area (Å²) in [6.45, 7) is 0. The molecule has 2 aliphatic carbocycles. The maximum absolute atomic E-state index is 2.46. The first-order valence-electron chi connectivity index (χ1n) is 7.94. The molecule has 0 nitrogen and oxygen atoms in total. The Balaban J connectivity index is 0.000000781. The number of allylic oxidation sites excluding steroid dienone is 4. The predicted octanol–water partition coefficient (Wildman–Crippen LogP) is -0.388. The van der Waals surface area contributed by atoms with Crippen LogP contribution in [-0.4, -0.2) is 0 Å². The van der Waals surface area contributed by atoms with Crippen LogP contribution in [0.5, 0.6) is 0 Å². The third-order valence-corrected chi connectivity index (χ3v) is 17.8. The maximum Gasteiger partial charge on any atom is -1.00 e. The van der Waals surface area contributed by atoms with Crippen molar-refractivity contribution in [3.05, 3.63) is 81.2 Å². The molecule has 0 saturated carbocycles. The Labute approximate surface area is 154 Å². The molecule has 0 amide bonds. The molecule has 0 spiro atoms. The molecule has 1 aliphatic heterocycles. The van der Waals surface area contributed by atoms with Crippen molar-refractivity contribution < 1.29 is 45.1 Å². The van der Waals surface area contributed by atoms with E-state index in [9.17, 15) is 0 Å². The van der Waals surface area contributed by atoms with Crippen molar-refractivity contribution in [2.45, 2.75) is 18.3 Å². The first kappa shape index (κ1) is 17.2. The van der Waals surface area contributed by atoms with E-state index in [4.69, 9.17) is 0 Å². The minimum atomic E-state index is -2.15. The minimum Gasteiger partial charge on any atom is -1.00 e. The van der Waals surface area contributed by atoms with Crippen molar-refractivity contribution in [3.8, 4) is 11.1 Å². The molecule has 3 heteroatoms. The van der Waals surface area contributed by atoms with Gasteiger partial charge in [-0.2, -0.15) is 0 Å². The van der Waals surface area contributed by atoms with E-state index in [1.165, 1.54) is 17.5 Å². The Morgan fingerprint density at radius 1 is 0.783 bits per heavy atom. The fourth-order valence-corrected chi connectivity index (χ4v) is 19.5. The van der Waals surface area contributed by atoms with Crippen LogP contribution in [0.15, 0.2) is 70.0 Å². The molecule has 1 fully saturated rings. The van der Waals surface area contributed by atoms with E-state index >= 15 is 0 Å². The van der Waals surface area contributed by atoms with Gasteiger partial charge in [-0.15, -0.1) is 0 Å². The molecule has 0 atom stereocenters. The summed E-state index contributed by atoms with van der Waals surface area (Å²) in [6, 6.07) is 18.3. The second-order valence-electron chi connectivity index (χ2n) is 6.59. The van der Waals surface area contributed by atoms with Crippen molar-refractivity contribution in [1.82, 2.24) is 0 Å². The Hall–Kier alpha value is -0.617. The molecule has 0 radical (unpaired) electrons. The molecular weight excluding hydrogens is 402 g/mol. The molecule has 0 bridgehead atoms. The van der Waals surface area contributed by atoms with Gasteiger partial charge < -0.3 is 24.8 Å². The van der Waals surface area contributed by atoms with Crippen LogP contribution in [0.2, 0.25) is 8.26 Å². The molecule has 3 aliphatic rings. The third kappa shape index (κ3) is 2.44. The van der Waals surface area contributed by atoms with Crippen molar-refractivity contribution in [3.63, 3.8) is 0 Å². The molecule has 23 heavy (non-hydrogen) atoms. The number of fused-ring (bicyclic) bond motifs is 3. The van der Waals surface area contributed by atoms with E-state index in [0.29, 0.717) is 0 Å². The van der Waals surface area contributed by atoms with Gasteiger partial charge in [0.2, 0.25) is 0 Å². The second kappa shape index (κ2) is 6.36. The maximum atomic E-state index is 2.46. The van der Waals surface area contributed by atoms with Gasteiger partial charge in [0.1, 0.15) is 0 Å². The van der Waals surface area contributed by atoms with Crippen LogP contribution in [0.25, 0.3) is 11.1 Å². The summed E-state index contributed by atoms with van der Waals surface area (Å²) in [7, 11) is 0. The van der Waals surface area contributed by atoms with Crippen LogP contribution in [0.1, 0.15) is 21.2 Å². The summed E-state index contributed by atoms with van der Waals surface area (Å²) < 4.78 is 5.74. The average Bonchev–Trinajstić information content (AvgIpc) is 3.02. The van der Waals surface area contributed by atoms with Crippen molar-refractivity contribution >= 4 is 0 Å². The second-order valence-corrected chi connectivity index (χ2v) is 17.7.